The van der Waals surface area contributed by atoms with E-state index in [-0.39, 0.29) is 6.04 Å². The maximum atomic E-state index is 6.11. The Morgan fingerprint density at radius 1 is 1.25 bits per heavy atom. The van der Waals surface area contributed by atoms with Crippen LogP contribution in [0.3, 0.4) is 0 Å². The number of hydrogen-bond donors (Lipinski definition) is 1. The van der Waals surface area contributed by atoms with E-state index in [1.54, 1.807) is 6.20 Å². The number of benzene rings is 1. The summed E-state index contributed by atoms with van der Waals surface area (Å²) in [5.74, 6) is 0.873. The topological polar surface area (TPSA) is 56.7 Å². The molecule has 1 aromatic carbocycles. The highest BCUT2D eigenvalue weighted by Crippen LogP contribution is 2.20. The number of pyridine rings is 1. The normalized spacial score (nSPS) is 12.7. The van der Waals surface area contributed by atoms with Gasteiger partial charge in [0.15, 0.2) is 5.82 Å². The van der Waals surface area contributed by atoms with Crippen molar-refractivity contribution in [3.63, 3.8) is 0 Å². The number of rotatable bonds is 4. The highest BCUT2D eigenvalue weighted by molar-refractivity contribution is 5.80. The maximum Gasteiger partial charge on any atom is 0.157 e. The van der Waals surface area contributed by atoms with Crippen molar-refractivity contribution in [3.05, 3.63) is 54.4 Å². The van der Waals surface area contributed by atoms with Gasteiger partial charge in [-0.15, -0.1) is 0 Å². The molecule has 0 aliphatic carbocycles. The van der Waals surface area contributed by atoms with Crippen molar-refractivity contribution in [2.75, 3.05) is 0 Å². The third kappa shape index (κ3) is 2.42. The molecule has 0 bridgehead atoms. The molecule has 0 aliphatic heterocycles. The van der Waals surface area contributed by atoms with Crippen molar-refractivity contribution in [1.29, 1.82) is 0 Å². The van der Waals surface area contributed by atoms with Gasteiger partial charge in [-0.1, -0.05) is 25.1 Å². The lowest BCUT2D eigenvalue weighted by Crippen LogP contribution is -2.22. The number of nitrogens with two attached hydrogens (primary N) is 1. The van der Waals surface area contributed by atoms with Gasteiger partial charge in [0.05, 0.1) is 5.52 Å². The molecular formula is C16H18N4. The van der Waals surface area contributed by atoms with Crippen molar-refractivity contribution in [2.45, 2.75) is 25.8 Å². The van der Waals surface area contributed by atoms with Crippen LogP contribution in [-0.4, -0.2) is 20.8 Å². The number of fused-ring (bicyclic) bond motifs is 1. The van der Waals surface area contributed by atoms with E-state index in [1.807, 2.05) is 35.1 Å². The summed E-state index contributed by atoms with van der Waals surface area (Å²) in [6.07, 6.45) is 5.44. The molecule has 20 heavy (non-hydrogen) atoms. The Hall–Kier alpha value is -2.20. The first-order chi connectivity index (χ1) is 9.78. The van der Waals surface area contributed by atoms with Gasteiger partial charge in [0.2, 0.25) is 0 Å². The summed E-state index contributed by atoms with van der Waals surface area (Å²) in [5, 5.41) is 5.44. The predicted molar refractivity (Wildman–Crippen MR) is 80.8 cm³/mol. The number of aromatic nitrogens is 3. The largest absolute Gasteiger partial charge is 0.327 e. The molecule has 1 unspecified atom stereocenters. The van der Waals surface area contributed by atoms with Crippen LogP contribution in [0.2, 0.25) is 0 Å². The molecule has 3 rings (SSSR count). The molecular weight excluding hydrogens is 248 g/mol. The molecule has 0 fully saturated rings. The van der Waals surface area contributed by atoms with Crippen LogP contribution < -0.4 is 5.73 Å². The van der Waals surface area contributed by atoms with E-state index >= 15 is 0 Å². The molecule has 4 heteroatoms. The molecule has 0 amide bonds. The van der Waals surface area contributed by atoms with Crippen LogP contribution in [0.1, 0.15) is 18.9 Å². The third-order valence-corrected chi connectivity index (χ3v) is 3.51. The fourth-order valence-electron chi connectivity index (χ4n) is 2.32. The van der Waals surface area contributed by atoms with Crippen LogP contribution in [0.5, 0.6) is 0 Å². The molecule has 102 valence electrons. The summed E-state index contributed by atoms with van der Waals surface area (Å²) in [6, 6.07) is 12.4. The van der Waals surface area contributed by atoms with Crippen molar-refractivity contribution in [3.8, 4) is 5.82 Å². The van der Waals surface area contributed by atoms with Gasteiger partial charge in [-0.2, -0.15) is 5.10 Å². The Balaban J connectivity index is 2.16. The van der Waals surface area contributed by atoms with Crippen LogP contribution in [0.4, 0.5) is 0 Å². The van der Waals surface area contributed by atoms with E-state index in [1.165, 1.54) is 0 Å². The zero-order valence-electron chi connectivity index (χ0n) is 11.5. The first kappa shape index (κ1) is 12.8. The Morgan fingerprint density at radius 2 is 2.10 bits per heavy atom. The zero-order chi connectivity index (χ0) is 13.9. The SMILES string of the molecule is CCC(N)Cc1cc2ccccc2nc1-n1cccn1. The second-order valence-corrected chi connectivity index (χ2v) is 4.99. The Labute approximate surface area is 118 Å². The second kappa shape index (κ2) is 5.43. The minimum Gasteiger partial charge on any atom is -0.327 e. The summed E-state index contributed by atoms with van der Waals surface area (Å²) in [5.41, 5.74) is 8.23. The lowest BCUT2D eigenvalue weighted by atomic mass is 10.0. The highest BCUT2D eigenvalue weighted by atomic mass is 15.3. The quantitative estimate of drug-likeness (QED) is 0.790. The number of nitrogens with zero attached hydrogens (tertiary/aromatic N) is 3. The van der Waals surface area contributed by atoms with Gasteiger partial charge in [0.1, 0.15) is 0 Å². The minimum absolute atomic E-state index is 0.146. The molecule has 4 nitrogen and oxygen atoms in total. The molecule has 1 atom stereocenters. The average Bonchev–Trinajstić information content (AvgIpc) is 3.00. The summed E-state index contributed by atoms with van der Waals surface area (Å²) < 4.78 is 1.81. The van der Waals surface area contributed by atoms with Crippen molar-refractivity contribution in [1.82, 2.24) is 14.8 Å². The Kier molecular flexibility index (Phi) is 3.48. The molecule has 0 saturated carbocycles. The van der Waals surface area contributed by atoms with Crippen LogP contribution >= 0.6 is 0 Å². The van der Waals surface area contributed by atoms with Gasteiger partial charge in [0.25, 0.3) is 0 Å². The Bertz CT molecular complexity index is 704. The van der Waals surface area contributed by atoms with E-state index in [0.717, 1.165) is 35.1 Å². The van der Waals surface area contributed by atoms with Crippen LogP contribution in [0.25, 0.3) is 16.7 Å². The minimum atomic E-state index is 0.146. The molecule has 3 aromatic rings. The molecule has 2 N–H and O–H groups in total. The van der Waals surface area contributed by atoms with Crippen molar-refractivity contribution in [2.24, 2.45) is 5.73 Å². The summed E-state index contributed by atoms with van der Waals surface area (Å²) in [7, 11) is 0. The first-order valence-corrected chi connectivity index (χ1v) is 6.92. The molecule has 0 aliphatic rings. The summed E-state index contributed by atoms with van der Waals surface area (Å²) >= 11 is 0. The summed E-state index contributed by atoms with van der Waals surface area (Å²) in [4.78, 5) is 4.75. The van der Waals surface area contributed by atoms with E-state index < -0.39 is 0 Å². The van der Waals surface area contributed by atoms with Gasteiger partial charge in [-0.25, -0.2) is 9.67 Å². The lowest BCUT2D eigenvalue weighted by Gasteiger charge is -2.14. The van der Waals surface area contributed by atoms with E-state index in [4.69, 9.17) is 10.7 Å². The van der Waals surface area contributed by atoms with Gasteiger partial charge in [-0.3, -0.25) is 0 Å². The molecule has 2 aromatic heterocycles. The second-order valence-electron chi connectivity index (χ2n) is 4.99. The van der Waals surface area contributed by atoms with Crippen molar-refractivity contribution < 1.29 is 0 Å². The zero-order valence-corrected chi connectivity index (χ0v) is 11.5. The fraction of sp³-hybridized carbons (Fsp3) is 0.250. The molecule has 0 spiro atoms. The number of para-hydroxylation sites is 1. The Morgan fingerprint density at radius 3 is 2.85 bits per heavy atom. The van der Waals surface area contributed by atoms with Gasteiger partial charge in [0, 0.05) is 23.8 Å². The van der Waals surface area contributed by atoms with E-state index in [0.29, 0.717) is 0 Å². The predicted octanol–water partition coefficient (Wildman–Crippen LogP) is 2.70. The fourth-order valence-corrected chi connectivity index (χ4v) is 2.32. The van der Waals surface area contributed by atoms with E-state index in [9.17, 15) is 0 Å². The van der Waals surface area contributed by atoms with Crippen molar-refractivity contribution >= 4 is 10.9 Å². The first-order valence-electron chi connectivity index (χ1n) is 6.92. The number of hydrogen-bond acceptors (Lipinski definition) is 3. The lowest BCUT2D eigenvalue weighted by molar-refractivity contribution is 0.640. The van der Waals surface area contributed by atoms with Crippen LogP contribution in [0.15, 0.2) is 48.8 Å². The third-order valence-electron chi connectivity index (χ3n) is 3.51. The maximum absolute atomic E-state index is 6.11. The standard InChI is InChI=1S/C16H18N4/c1-2-14(17)11-13-10-12-6-3-4-7-15(12)19-16(13)20-9-5-8-18-20/h3-10,14H,2,11,17H2,1H3. The van der Waals surface area contributed by atoms with Gasteiger partial charge in [-0.05, 0) is 36.6 Å². The monoisotopic (exact) mass is 266 g/mol. The van der Waals surface area contributed by atoms with Gasteiger partial charge < -0.3 is 5.73 Å². The average molecular weight is 266 g/mol. The molecule has 2 heterocycles. The van der Waals surface area contributed by atoms with Gasteiger partial charge >= 0.3 is 0 Å². The highest BCUT2D eigenvalue weighted by Gasteiger charge is 2.12. The van der Waals surface area contributed by atoms with E-state index in [2.05, 4.69) is 24.2 Å². The van der Waals surface area contributed by atoms with Crippen LogP contribution in [-0.2, 0) is 6.42 Å². The molecule has 0 radical (unpaired) electrons. The molecule has 0 saturated heterocycles. The smallest absolute Gasteiger partial charge is 0.157 e. The van der Waals surface area contributed by atoms with Crippen LogP contribution in [0, 0.1) is 0 Å². The summed E-state index contributed by atoms with van der Waals surface area (Å²) in [6.45, 7) is 2.10.